The number of carbonyl (C=O) groups is 1. The van der Waals surface area contributed by atoms with Crippen LogP contribution in [0.2, 0.25) is 0 Å². The zero-order valence-corrected chi connectivity index (χ0v) is 16.4. The molecule has 1 N–H and O–H groups in total. The third kappa shape index (κ3) is 4.55. The first-order chi connectivity index (χ1) is 12.6. The van der Waals surface area contributed by atoms with Crippen LogP contribution in [0.3, 0.4) is 0 Å². The number of H-pyrrole nitrogens is 1. The summed E-state index contributed by atoms with van der Waals surface area (Å²) in [5.41, 5.74) is 0. The summed E-state index contributed by atoms with van der Waals surface area (Å²) in [6.45, 7) is 10.6. The van der Waals surface area contributed by atoms with Gasteiger partial charge < -0.3 is 14.5 Å². The van der Waals surface area contributed by atoms with E-state index in [0.29, 0.717) is 24.5 Å². The van der Waals surface area contributed by atoms with Crippen molar-refractivity contribution in [1.82, 2.24) is 25.0 Å². The molecular weight excluding hydrogens is 330 g/mol. The summed E-state index contributed by atoms with van der Waals surface area (Å²) in [7, 11) is 0. The Kier molecular flexibility index (Phi) is 6.51. The van der Waals surface area contributed by atoms with Gasteiger partial charge in [-0.15, -0.1) is 0 Å². The van der Waals surface area contributed by atoms with Crippen molar-refractivity contribution in [2.24, 2.45) is 5.92 Å². The van der Waals surface area contributed by atoms with Gasteiger partial charge in [-0.2, -0.15) is 5.10 Å². The maximum Gasteiger partial charge on any atom is 0.409 e. The number of piperidine rings is 1. The van der Waals surface area contributed by atoms with Crippen LogP contribution in [0.1, 0.15) is 64.0 Å². The number of hydrogen-bond acceptors (Lipinski definition) is 5. The van der Waals surface area contributed by atoms with Gasteiger partial charge in [0.25, 0.3) is 0 Å². The van der Waals surface area contributed by atoms with Gasteiger partial charge in [0.15, 0.2) is 5.82 Å². The fraction of sp³-hybridized carbons (Fsp3) is 0.842. The molecule has 2 unspecified atom stereocenters. The van der Waals surface area contributed by atoms with Gasteiger partial charge in [-0.1, -0.05) is 6.92 Å². The molecule has 2 aliphatic rings. The van der Waals surface area contributed by atoms with E-state index in [1.54, 1.807) is 0 Å². The molecule has 0 aliphatic carbocycles. The molecule has 1 aromatic rings. The van der Waals surface area contributed by atoms with Gasteiger partial charge in [0.05, 0.1) is 6.61 Å². The molecule has 3 rings (SSSR count). The Morgan fingerprint density at radius 1 is 1.27 bits per heavy atom. The lowest BCUT2D eigenvalue weighted by atomic mass is 9.93. The van der Waals surface area contributed by atoms with E-state index in [9.17, 15) is 4.79 Å². The van der Waals surface area contributed by atoms with Crippen LogP contribution in [0.4, 0.5) is 4.79 Å². The minimum atomic E-state index is -0.151. The molecule has 2 saturated heterocycles. The minimum absolute atomic E-state index is 0.151. The third-order valence-corrected chi connectivity index (χ3v) is 5.89. The maximum atomic E-state index is 11.9. The number of ether oxygens (including phenoxy) is 1. The molecule has 0 aromatic carbocycles. The first kappa shape index (κ1) is 19.1. The van der Waals surface area contributed by atoms with E-state index in [2.05, 4.69) is 33.9 Å². The second kappa shape index (κ2) is 8.84. The first-order valence-electron chi connectivity index (χ1n) is 10.2. The van der Waals surface area contributed by atoms with Crippen LogP contribution in [-0.4, -0.2) is 69.9 Å². The van der Waals surface area contributed by atoms with Gasteiger partial charge in [0.1, 0.15) is 5.82 Å². The molecule has 0 spiro atoms. The summed E-state index contributed by atoms with van der Waals surface area (Å²) in [5.74, 6) is 3.06. The summed E-state index contributed by atoms with van der Waals surface area (Å²) in [4.78, 5) is 20.9. The van der Waals surface area contributed by atoms with Crippen molar-refractivity contribution in [3.05, 3.63) is 11.6 Å². The Balaban J connectivity index is 1.42. The van der Waals surface area contributed by atoms with E-state index in [0.717, 1.165) is 69.9 Å². The average molecular weight is 364 g/mol. The zero-order valence-electron chi connectivity index (χ0n) is 16.4. The highest BCUT2D eigenvalue weighted by Crippen LogP contribution is 2.29. The Morgan fingerprint density at radius 3 is 2.69 bits per heavy atom. The lowest BCUT2D eigenvalue weighted by Crippen LogP contribution is -2.40. The number of amides is 1. The molecule has 7 nitrogen and oxygen atoms in total. The van der Waals surface area contributed by atoms with Crippen molar-refractivity contribution in [3.63, 3.8) is 0 Å². The molecule has 1 aromatic heterocycles. The summed E-state index contributed by atoms with van der Waals surface area (Å²) < 4.78 is 5.12. The van der Waals surface area contributed by atoms with Gasteiger partial charge in [0.2, 0.25) is 0 Å². The molecule has 146 valence electrons. The van der Waals surface area contributed by atoms with E-state index < -0.39 is 0 Å². The predicted molar refractivity (Wildman–Crippen MR) is 100 cm³/mol. The summed E-state index contributed by atoms with van der Waals surface area (Å²) in [6.07, 6.45) is 5.27. The van der Waals surface area contributed by atoms with Crippen LogP contribution in [0.5, 0.6) is 0 Å². The van der Waals surface area contributed by atoms with E-state index in [4.69, 9.17) is 4.74 Å². The third-order valence-electron chi connectivity index (χ3n) is 5.89. The van der Waals surface area contributed by atoms with E-state index in [1.807, 2.05) is 11.8 Å². The van der Waals surface area contributed by atoms with Crippen molar-refractivity contribution in [2.75, 3.05) is 32.8 Å². The SMILES string of the molecule is CCOC(=O)N1CCC(CC(C)N2CCC(c3n[nH]c(CC)n3)CC2)C1. The fourth-order valence-corrected chi connectivity index (χ4v) is 4.29. The summed E-state index contributed by atoms with van der Waals surface area (Å²) in [6, 6.07) is 0.557. The summed E-state index contributed by atoms with van der Waals surface area (Å²) >= 11 is 0. The van der Waals surface area contributed by atoms with Gasteiger partial charge in [-0.05, 0) is 58.5 Å². The van der Waals surface area contributed by atoms with Crippen molar-refractivity contribution in [1.29, 1.82) is 0 Å². The highest BCUT2D eigenvalue weighted by atomic mass is 16.6. The zero-order chi connectivity index (χ0) is 18.5. The topological polar surface area (TPSA) is 74.3 Å². The van der Waals surface area contributed by atoms with Crippen LogP contribution in [0, 0.1) is 5.92 Å². The number of nitrogens with one attached hydrogen (secondary N) is 1. The van der Waals surface area contributed by atoms with Gasteiger partial charge in [0, 0.05) is 31.5 Å². The minimum Gasteiger partial charge on any atom is -0.450 e. The number of hydrogen-bond donors (Lipinski definition) is 1. The van der Waals surface area contributed by atoms with Gasteiger partial charge in [-0.25, -0.2) is 9.78 Å². The highest BCUT2D eigenvalue weighted by Gasteiger charge is 2.31. The second-order valence-electron chi connectivity index (χ2n) is 7.69. The number of carbonyl (C=O) groups excluding carboxylic acids is 1. The highest BCUT2D eigenvalue weighted by molar-refractivity contribution is 5.67. The molecule has 0 radical (unpaired) electrons. The second-order valence-corrected chi connectivity index (χ2v) is 7.69. The van der Waals surface area contributed by atoms with Gasteiger partial charge in [-0.3, -0.25) is 5.10 Å². The van der Waals surface area contributed by atoms with Crippen LogP contribution in [0.25, 0.3) is 0 Å². The number of nitrogens with zero attached hydrogens (tertiary/aromatic N) is 4. The number of aryl methyl sites for hydroxylation is 1. The smallest absolute Gasteiger partial charge is 0.409 e. The molecule has 3 heterocycles. The number of aromatic nitrogens is 3. The molecule has 7 heteroatoms. The normalized spacial score (nSPS) is 23.3. The van der Waals surface area contributed by atoms with Crippen LogP contribution in [0.15, 0.2) is 0 Å². The molecule has 1 amide bonds. The molecule has 2 aliphatic heterocycles. The molecule has 2 fully saturated rings. The van der Waals surface area contributed by atoms with Crippen molar-refractivity contribution < 1.29 is 9.53 Å². The van der Waals surface area contributed by atoms with Gasteiger partial charge >= 0.3 is 6.09 Å². The Labute approximate surface area is 156 Å². The van der Waals surface area contributed by atoms with Crippen LogP contribution >= 0.6 is 0 Å². The number of likely N-dealkylation sites (tertiary alicyclic amines) is 2. The predicted octanol–water partition coefficient (Wildman–Crippen LogP) is 2.80. The Morgan fingerprint density at radius 2 is 2.04 bits per heavy atom. The molecular formula is C19H33N5O2. The number of aromatic amines is 1. The quantitative estimate of drug-likeness (QED) is 0.841. The number of rotatable bonds is 6. The standard InChI is InChI=1S/C19H33N5O2/c1-4-17-20-18(22-21-17)16-7-10-23(11-8-16)14(3)12-15-6-9-24(13-15)19(25)26-5-2/h14-16H,4-13H2,1-3H3,(H,20,21,22). The first-order valence-corrected chi connectivity index (χ1v) is 10.2. The van der Waals surface area contributed by atoms with Crippen molar-refractivity contribution >= 4 is 6.09 Å². The largest absolute Gasteiger partial charge is 0.450 e. The van der Waals surface area contributed by atoms with Crippen molar-refractivity contribution in [2.45, 2.75) is 64.8 Å². The molecule has 2 atom stereocenters. The monoisotopic (exact) mass is 363 g/mol. The Hall–Kier alpha value is -1.63. The molecule has 26 heavy (non-hydrogen) atoms. The van der Waals surface area contributed by atoms with Crippen molar-refractivity contribution in [3.8, 4) is 0 Å². The molecule has 0 saturated carbocycles. The molecule has 0 bridgehead atoms. The lowest BCUT2D eigenvalue weighted by Gasteiger charge is -2.36. The van der Waals surface area contributed by atoms with E-state index >= 15 is 0 Å². The summed E-state index contributed by atoms with van der Waals surface area (Å²) in [5, 5.41) is 7.44. The van der Waals surface area contributed by atoms with Crippen LogP contribution in [-0.2, 0) is 11.2 Å². The lowest BCUT2D eigenvalue weighted by molar-refractivity contribution is 0.111. The average Bonchev–Trinajstić information content (AvgIpc) is 3.31. The maximum absolute atomic E-state index is 11.9. The fourth-order valence-electron chi connectivity index (χ4n) is 4.29. The van der Waals surface area contributed by atoms with Crippen LogP contribution < -0.4 is 0 Å². The van der Waals surface area contributed by atoms with E-state index in [1.165, 1.54) is 0 Å². The van der Waals surface area contributed by atoms with E-state index in [-0.39, 0.29) is 6.09 Å². The Bertz CT molecular complexity index is 582.